The van der Waals surface area contributed by atoms with Gasteiger partial charge in [-0.15, -0.1) is 0 Å². The van der Waals surface area contributed by atoms with Gasteiger partial charge in [-0.2, -0.15) is 4.98 Å². The first kappa shape index (κ1) is 23.2. The molecule has 1 aliphatic heterocycles. The number of hydrogen-bond acceptors (Lipinski definition) is 6. The van der Waals surface area contributed by atoms with Crippen molar-refractivity contribution in [2.75, 3.05) is 4.72 Å². The summed E-state index contributed by atoms with van der Waals surface area (Å²) in [6, 6.07) is 21.0. The topological polar surface area (TPSA) is 110 Å². The van der Waals surface area contributed by atoms with Gasteiger partial charge in [0.2, 0.25) is 11.8 Å². The van der Waals surface area contributed by atoms with E-state index >= 15 is 0 Å². The summed E-state index contributed by atoms with van der Waals surface area (Å²) in [7, 11) is -4.08. The number of amides is 1. The molecule has 2 aliphatic rings. The molecule has 37 heavy (non-hydrogen) atoms. The standard InChI is InChI=1S/C28H24N4O4S/c1-16-7-5-8-17(2)25(16)22-15-24-30-28(29-22)32-37(34,35)20-11-6-10-19(13-20)27(33)31-26-21-12-4-3-9-18(21)14-23(26)36-24/h3-13,15,23,26H,14H2,1-2H3,(H,31,33)(H,29,30,32)/t23-,26-/m1/s1. The highest BCUT2D eigenvalue weighted by molar-refractivity contribution is 7.92. The predicted octanol–water partition coefficient (Wildman–Crippen LogP) is 4.35. The maximum absolute atomic E-state index is 13.3. The number of carbonyl (C=O) groups excluding carboxylic acids is 1. The van der Waals surface area contributed by atoms with E-state index in [0.717, 1.165) is 27.8 Å². The van der Waals surface area contributed by atoms with Crippen LogP contribution >= 0.6 is 0 Å². The predicted molar refractivity (Wildman–Crippen MR) is 139 cm³/mol. The molecule has 0 fully saturated rings. The van der Waals surface area contributed by atoms with Crippen molar-refractivity contribution in [2.45, 2.75) is 37.3 Å². The van der Waals surface area contributed by atoms with E-state index in [1.165, 1.54) is 12.1 Å². The van der Waals surface area contributed by atoms with Crippen molar-refractivity contribution in [3.8, 4) is 17.1 Å². The van der Waals surface area contributed by atoms with Crippen LogP contribution in [0.15, 0.2) is 77.7 Å². The monoisotopic (exact) mass is 512 g/mol. The van der Waals surface area contributed by atoms with Crippen molar-refractivity contribution < 1.29 is 17.9 Å². The highest BCUT2D eigenvalue weighted by atomic mass is 32.2. The molecule has 3 aromatic carbocycles. The second-order valence-electron chi connectivity index (χ2n) is 9.33. The van der Waals surface area contributed by atoms with E-state index in [2.05, 4.69) is 20.0 Å². The summed E-state index contributed by atoms with van der Waals surface area (Å²) < 4.78 is 35.4. The quantitative estimate of drug-likeness (QED) is 0.392. The molecule has 1 aliphatic carbocycles. The lowest BCUT2D eigenvalue weighted by Gasteiger charge is -2.23. The van der Waals surface area contributed by atoms with Crippen molar-refractivity contribution in [2.24, 2.45) is 0 Å². The van der Waals surface area contributed by atoms with Gasteiger partial charge >= 0.3 is 0 Å². The first-order chi connectivity index (χ1) is 17.8. The summed E-state index contributed by atoms with van der Waals surface area (Å²) in [4.78, 5) is 22.2. The molecule has 8 nitrogen and oxygen atoms in total. The number of fused-ring (bicyclic) bond motifs is 7. The molecule has 9 heteroatoms. The molecule has 1 amide bonds. The lowest BCUT2D eigenvalue weighted by atomic mass is 10.00. The van der Waals surface area contributed by atoms with Crippen molar-refractivity contribution in [3.63, 3.8) is 0 Å². The number of sulfonamides is 1. The highest BCUT2D eigenvalue weighted by Gasteiger charge is 2.36. The van der Waals surface area contributed by atoms with Gasteiger partial charge < -0.3 is 10.1 Å². The molecule has 4 aromatic rings. The minimum Gasteiger partial charge on any atom is -0.471 e. The van der Waals surface area contributed by atoms with Crippen LogP contribution in [0.25, 0.3) is 11.3 Å². The van der Waals surface area contributed by atoms with Crippen LogP contribution in [0.5, 0.6) is 5.88 Å². The zero-order valence-electron chi connectivity index (χ0n) is 20.2. The third-order valence-electron chi connectivity index (χ3n) is 6.81. The van der Waals surface area contributed by atoms with E-state index in [9.17, 15) is 13.2 Å². The number of anilines is 1. The molecule has 6 rings (SSSR count). The zero-order chi connectivity index (χ0) is 25.7. The third kappa shape index (κ3) is 4.21. The number of carbonyl (C=O) groups is 1. The Kier molecular flexibility index (Phi) is 5.45. The van der Waals surface area contributed by atoms with Crippen LogP contribution in [0.1, 0.15) is 38.7 Å². The highest BCUT2D eigenvalue weighted by Crippen LogP contribution is 2.36. The molecular weight excluding hydrogens is 488 g/mol. The Hall–Kier alpha value is -4.24. The normalized spacial score (nSPS) is 19.6. The number of benzene rings is 3. The van der Waals surface area contributed by atoms with Crippen LogP contribution in [-0.4, -0.2) is 30.4 Å². The fraction of sp³-hybridized carbons (Fsp3) is 0.179. The molecule has 2 N–H and O–H groups in total. The summed E-state index contributed by atoms with van der Waals surface area (Å²) in [5.41, 5.74) is 5.66. The fourth-order valence-corrected chi connectivity index (χ4v) is 6.07. The van der Waals surface area contributed by atoms with Gasteiger partial charge in [0.25, 0.3) is 15.9 Å². The van der Waals surface area contributed by atoms with E-state index in [1.807, 2.05) is 56.3 Å². The van der Waals surface area contributed by atoms with Crippen molar-refractivity contribution in [1.82, 2.24) is 15.3 Å². The van der Waals surface area contributed by atoms with Crippen LogP contribution in [0.3, 0.4) is 0 Å². The Morgan fingerprint density at radius 1 is 0.919 bits per heavy atom. The van der Waals surface area contributed by atoms with Gasteiger partial charge in [-0.3, -0.25) is 4.79 Å². The number of aryl methyl sites for hydroxylation is 2. The van der Waals surface area contributed by atoms with Crippen LogP contribution < -0.4 is 14.8 Å². The molecule has 2 atom stereocenters. The van der Waals surface area contributed by atoms with E-state index in [-0.39, 0.29) is 28.2 Å². The first-order valence-electron chi connectivity index (χ1n) is 11.9. The average molecular weight is 513 g/mol. The summed E-state index contributed by atoms with van der Waals surface area (Å²) in [5.74, 6) is -0.278. The Morgan fingerprint density at radius 3 is 2.49 bits per heavy atom. The Morgan fingerprint density at radius 2 is 1.68 bits per heavy atom. The Balaban J connectivity index is 1.54. The van der Waals surface area contributed by atoms with E-state index < -0.39 is 22.2 Å². The minimum atomic E-state index is -4.08. The molecule has 0 spiro atoms. The smallest absolute Gasteiger partial charge is 0.264 e. The maximum atomic E-state index is 13.3. The summed E-state index contributed by atoms with van der Waals surface area (Å²) in [5, 5.41) is 3.06. The summed E-state index contributed by atoms with van der Waals surface area (Å²) >= 11 is 0. The number of aromatic nitrogens is 2. The number of hydrogen-bond donors (Lipinski definition) is 2. The second kappa shape index (κ2) is 8.70. The molecule has 4 bridgehead atoms. The van der Waals surface area contributed by atoms with Crippen molar-refractivity contribution >= 4 is 21.9 Å². The lowest BCUT2D eigenvalue weighted by molar-refractivity contribution is 0.0879. The van der Waals surface area contributed by atoms with Crippen molar-refractivity contribution in [1.29, 1.82) is 0 Å². The largest absolute Gasteiger partial charge is 0.471 e. The third-order valence-corrected chi connectivity index (χ3v) is 8.14. The molecule has 2 heterocycles. The second-order valence-corrected chi connectivity index (χ2v) is 11.0. The number of rotatable bonds is 1. The van der Waals surface area contributed by atoms with Crippen LogP contribution in [-0.2, 0) is 16.4 Å². The van der Waals surface area contributed by atoms with E-state index in [0.29, 0.717) is 12.1 Å². The molecule has 0 saturated heterocycles. The molecule has 0 radical (unpaired) electrons. The van der Waals surface area contributed by atoms with E-state index in [4.69, 9.17) is 4.74 Å². The van der Waals surface area contributed by atoms with Crippen molar-refractivity contribution in [3.05, 3.63) is 101 Å². The van der Waals surface area contributed by atoms with Gasteiger partial charge in [0.15, 0.2) is 0 Å². The first-order valence-corrected chi connectivity index (χ1v) is 13.4. The molecule has 1 aromatic heterocycles. The number of ether oxygens (including phenoxy) is 1. The van der Waals surface area contributed by atoms with Gasteiger partial charge in [-0.1, -0.05) is 48.5 Å². The van der Waals surface area contributed by atoms with Gasteiger partial charge in [-0.25, -0.2) is 18.1 Å². The fourth-order valence-electron chi connectivity index (χ4n) is 5.08. The van der Waals surface area contributed by atoms with Gasteiger partial charge in [0, 0.05) is 23.6 Å². The molecule has 0 saturated carbocycles. The van der Waals surface area contributed by atoms with Crippen LogP contribution in [0.4, 0.5) is 5.95 Å². The molecule has 186 valence electrons. The van der Waals surface area contributed by atoms with Gasteiger partial charge in [0.1, 0.15) is 6.10 Å². The molecular formula is C28H24N4O4S. The summed E-state index contributed by atoms with van der Waals surface area (Å²) in [6.45, 7) is 3.95. The van der Waals surface area contributed by atoms with Gasteiger partial charge in [-0.05, 0) is 54.3 Å². The van der Waals surface area contributed by atoms with Crippen LogP contribution in [0, 0.1) is 13.8 Å². The Bertz CT molecular complexity index is 1650. The number of nitrogens with one attached hydrogen (secondary N) is 2. The van der Waals surface area contributed by atoms with Crippen LogP contribution in [0.2, 0.25) is 0 Å². The number of nitrogens with zero attached hydrogens (tertiary/aromatic N) is 2. The maximum Gasteiger partial charge on any atom is 0.264 e. The zero-order valence-corrected chi connectivity index (χ0v) is 21.0. The molecule has 0 unspecified atom stereocenters. The average Bonchev–Trinajstić information content (AvgIpc) is 3.20. The van der Waals surface area contributed by atoms with Gasteiger partial charge in [0.05, 0.1) is 16.6 Å². The van der Waals surface area contributed by atoms with E-state index in [1.54, 1.807) is 18.2 Å². The SMILES string of the molecule is Cc1cccc(C)c1-c1cc2nc(n1)NS(=O)(=O)c1cccc(c1)C(=O)N[C@@H]1c3ccccc3C[C@H]1O2. The Labute approximate surface area is 214 Å². The lowest BCUT2D eigenvalue weighted by Crippen LogP contribution is -2.37. The minimum absolute atomic E-state index is 0.0636. The summed E-state index contributed by atoms with van der Waals surface area (Å²) in [6.07, 6.45) is 0.112.